The number of aliphatic hydroxyl groups is 1. The maximum absolute atomic E-state index is 12.4. The fourth-order valence-corrected chi connectivity index (χ4v) is 7.69. The number of rotatable bonds is 48. The van der Waals surface area contributed by atoms with Crippen LogP contribution in [0.1, 0.15) is 219 Å². The molecule has 0 aliphatic heterocycles. The Morgan fingerprint density at radius 1 is 0.485 bits per heavy atom. The van der Waals surface area contributed by atoms with Gasteiger partial charge in [0, 0.05) is 12.8 Å². The number of hydrogen-bond donors (Lipinski definition) is 4. The lowest BCUT2D eigenvalue weighted by Gasteiger charge is -2.18. The van der Waals surface area contributed by atoms with E-state index in [1.807, 2.05) is 0 Å². The van der Waals surface area contributed by atoms with Crippen molar-refractivity contribution in [2.24, 2.45) is 0 Å². The van der Waals surface area contributed by atoms with Crippen molar-refractivity contribution in [3.63, 3.8) is 0 Å². The van der Waals surface area contributed by atoms with Crippen molar-refractivity contribution in [3.05, 3.63) is 72.9 Å². The molecule has 12 heteroatoms. The first-order valence-electron chi connectivity index (χ1n) is 26.0. The summed E-state index contributed by atoms with van der Waals surface area (Å²) >= 11 is 0. The summed E-state index contributed by atoms with van der Waals surface area (Å²) < 4.78 is 27.0. The number of phosphoric acid groups is 1. The molecule has 0 saturated carbocycles. The summed E-state index contributed by atoms with van der Waals surface area (Å²) in [5.74, 6) is -2.40. The summed E-state index contributed by atoms with van der Waals surface area (Å²) in [5, 5.41) is 21.9. The molecule has 1 amide bonds. The molecule has 4 N–H and O–H groups in total. The number of hydrogen-bond acceptors (Lipinski definition) is 8. The van der Waals surface area contributed by atoms with E-state index in [0.29, 0.717) is 12.8 Å². The quantitative estimate of drug-likeness (QED) is 0.0199. The van der Waals surface area contributed by atoms with Crippen molar-refractivity contribution in [3.8, 4) is 0 Å². The van der Waals surface area contributed by atoms with E-state index in [1.54, 1.807) is 0 Å². The lowest BCUT2D eigenvalue weighted by molar-refractivity contribution is -0.147. The fourth-order valence-electron chi connectivity index (χ4n) is 6.92. The molecule has 0 heterocycles. The summed E-state index contributed by atoms with van der Waals surface area (Å²) in [6, 6.07) is -1.56. The summed E-state index contributed by atoms with van der Waals surface area (Å²) in [4.78, 5) is 46.1. The Kier molecular flexibility index (Phi) is 46.1. The molecule has 0 aromatic carbocycles. The second kappa shape index (κ2) is 48.4. The lowest BCUT2D eigenvalue weighted by atomic mass is 10.0. The van der Waals surface area contributed by atoms with Crippen LogP contribution < -0.4 is 5.32 Å². The summed E-state index contributed by atoms with van der Waals surface area (Å²) in [6.45, 7) is 2.54. The van der Waals surface area contributed by atoms with E-state index in [9.17, 15) is 34.1 Å². The Morgan fingerprint density at radius 2 is 0.833 bits per heavy atom. The minimum absolute atomic E-state index is 0.121. The van der Waals surface area contributed by atoms with E-state index in [0.717, 1.165) is 77.0 Å². The van der Waals surface area contributed by atoms with Crippen LogP contribution in [0, 0.1) is 0 Å². The molecule has 66 heavy (non-hydrogen) atoms. The molecule has 3 atom stereocenters. The third kappa shape index (κ3) is 47.4. The van der Waals surface area contributed by atoms with Gasteiger partial charge in [0.15, 0.2) is 6.04 Å². The first-order chi connectivity index (χ1) is 32.1. The number of carboxylic acid groups (broad SMARTS) is 1. The van der Waals surface area contributed by atoms with Crippen molar-refractivity contribution >= 4 is 25.7 Å². The number of amides is 1. The SMILES string of the molecule is CCCCC/C=C\C/C=C\C/C=C\C/C=C\CCCCCCCC(=O)NC(COP(=O)(O)OCC(O)COC(=O)CCCCCCCCCCCCC/C=C\C/C=C\CCCCC)C(=O)O. The van der Waals surface area contributed by atoms with Crippen molar-refractivity contribution in [2.45, 2.75) is 231 Å². The molecule has 0 aliphatic carbocycles. The Bertz CT molecular complexity index is 1390. The predicted molar refractivity (Wildman–Crippen MR) is 272 cm³/mol. The maximum Gasteiger partial charge on any atom is 0.472 e. The Morgan fingerprint density at radius 3 is 1.24 bits per heavy atom. The van der Waals surface area contributed by atoms with Crippen LogP contribution in [0.4, 0.5) is 0 Å². The van der Waals surface area contributed by atoms with Crippen LogP contribution in [-0.2, 0) is 32.7 Å². The number of aliphatic hydroxyl groups excluding tert-OH is 1. The van der Waals surface area contributed by atoms with Crippen molar-refractivity contribution in [2.75, 3.05) is 19.8 Å². The van der Waals surface area contributed by atoms with Gasteiger partial charge >= 0.3 is 19.8 Å². The number of esters is 1. The number of carbonyl (C=O) groups excluding carboxylic acids is 2. The lowest BCUT2D eigenvalue weighted by Crippen LogP contribution is -2.43. The van der Waals surface area contributed by atoms with E-state index in [1.165, 1.54) is 103 Å². The third-order valence-electron chi connectivity index (χ3n) is 11.0. The summed E-state index contributed by atoms with van der Waals surface area (Å²) in [7, 11) is -4.77. The van der Waals surface area contributed by atoms with Gasteiger partial charge < -0.3 is 25.2 Å². The minimum Gasteiger partial charge on any atom is -0.480 e. The summed E-state index contributed by atoms with van der Waals surface area (Å²) in [5.41, 5.74) is 0. The molecule has 0 fully saturated rings. The van der Waals surface area contributed by atoms with Gasteiger partial charge in [-0.3, -0.25) is 18.6 Å². The van der Waals surface area contributed by atoms with Gasteiger partial charge in [-0.05, 0) is 89.9 Å². The molecular formula is C54H94NO10P. The molecule has 380 valence electrons. The number of allylic oxidation sites excluding steroid dienone is 12. The van der Waals surface area contributed by atoms with Crippen molar-refractivity contribution < 1.29 is 47.8 Å². The molecule has 0 aromatic rings. The highest BCUT2D eigenvalue weighted by molar-refractivity contribution is 7.47. The van der Waals surface area contributed by atoms with Gasteiger partial charge in [-0.2, -0.15) is 0 Å². The largest absolute Gasteiger partial charge is 0.480 e. The molecule has 3 unspecified atom stereocenters. The highest BCUT2D eigenvalue weighted by Crippen LogP contribution is 2.43. The average Bonchev–Trinajstić information content (AvgIpc) is 3.29. The number of unbranched alkanes of at least 4 members (excludes halogenated alkanes) is 22. The van der Waals surface area contributed by atoms with Crippen LogP contribution in [0.3, 0.4) is 0 Å². The Hall–Kier alpha value is -3.08. The number of carboxylic acids is 1. The predicted octanol–water partition coefficient (Wildman–Crippen LogP) is 14.5. The van der Waals surface area contributed by atoms with E-state index < -0.39 is 57.6 Å². The minimum atomic E-state index is -4.77. The van der Waals surface area contributed by atoms with Gasteiger partial charge in [-0.15, -0.1) is 0 Å². The maximum atomic E-state index is 12.4. The highest BCUT2D eigenvalue weighted by atomic mass is 31.2. The van der Waals surface area contributed by atoms with Crippen molar-refractivity contribution in [1.82, 2.24) is 5.32 Å². The van der Waals surface area contributed by atoms with E-state index in [2.05, 4.69) is 92.1 Å². The number of phosphoric ester groups is 1. The smallest absolute Gasteiger partial charge is 0.472 e. The molecule has 0 aliphatic rings. The fraction of sp³-hybridized carbons (Fsp3) is 0.722. The van der Waals surface area contributed by atoms with E-state index >= 15 is 0 Å². The second-order valence-electron chi connectivity index (χ2n) is 17.4. The monoisotopic (exact) mass is 948 g/mol. The average molecular weight is 948 g/mol. The molecule has 0 radical (unpaired) electrons. The zero-order chi connectivity index (χ0) is 48.4. The highest BCUT2D eigenvalue weighted by Gasteiger charge is 2.28. The molecule has 0 aromatic heterocycles. The van der Waals surface area contributed by atoms with Crippen LogP contribution in [-0.4, -0.2) is 64.9 Å². The number of carbonyl (C=O) groups is 3. The standard InChI is InChI=1S/C54H94NO10P/c1-3-5-7-9-11-13-15-17-19-21-23-25-27-29-31-33-35-37-39-41-43-45-52(57)55-51(54(59)60)49-65-66(61,62)64-48-50(56)47-63-53(58)46-44-42-40-38-36-34-32-30-28-26-24-22-20-18-16-14-12-10-8-6-4-2/h11-14,17-20,23,25,29,31,50-51,56H,3-10,15-16,21-22,24,26-28,30,32-49H2,1-2H3,(H,55,57)(H,59,60)(H,61,62)/b13-11-,14-12-,19-17-,20-18-,25-23-,31-29-. The van der Waals surface area contributed by atoms with Crippen molar-refractivity contribution in [1.29, 1.82) is 0 Å². The molecule has 0 saturated heterocycles. The molecule has 0 spiro atoms. The van der Waals surface area contributed by atoms with Crippen LogP contribution in [0.15, 0.2) is 72.9 Å². The van der Waals surface area contributed by atoms with Gasteiger partial charge in [0.1, 0.15) is 12.7 Å². The van der Waals surface area contributed by atoms with Gasteiger partial charge in [0.25, 0.3) is 0 Å². The molecular weight excluding hydrogens is 854 g/mol. The van der Waals surface area contributed by atoms with E-state index in [4.69, 9.17) is 13.8 Å². The van der Waals surface area contributed by atoms with E-state index in [-0.39, 0.29) is 12.8 Å². The summed E-state index contributed by atoms with van der Waals surface area (Å²) in [6.07, 6.45) is 59.1. The second-order valence-corrected chi connectivity index (χ2v) is 18.8. The van der Waals surface area contributed by atoms with Gasteiger partial charge in [-0.25, -0.2) is 9.36 Å². The third-order valence-corrected chi connectivity index (χ3v) is 11.9. The van der Waals surface area contributed by atoms with Gasteiger partial charge in [0.05, 0.1) is 13.2 Å². The van der Waals surface area contributed by atoms with Crippen LogP contribution >= 0.6 is 7.82 Å². The molecule has 0 bridgehead atoms. The van der Waals surface area contributed by atoms with Crippen LogP contribution in [0.25, 0.3) is 0 Å². The van der Waals surface area contributed by atoms with Gasteiger partial charge in [-0.1, -0.05) is 189 Å². The first kappa shape index (κ1) is 62.9. The van der Waals surface area contributed by atoms with Crippen LogP contribution in [0.5, 0.6) is 0 Å². The number of ether oxygens (including phenoxy) is 1. The topological polar surface area (TPSA) is 169 Å². The molecule has 0 rings (SSSR count). The molecule has 11 nitrogen and oxygen atoms in total. The Balaban J connectivity index is 3.87. The Labute approximate surface area is 401 Å². The normalized spacial score (nSPS) is 14.1. The zero-order valence-corrected chi connectivity index (χ0v) is 42.4. The van der Waals surface area contributed by atoms with Gasteiger partial charge in [0.2, 0.25) is 5.91 Å². The zero-order valence-electron chi connectivity index (χ0n) is 41.5. The number of nitrogens with one attached hydrogen (secondary N) is 1. The van der Waals surface area contributed by atoms with Crippen LogP contribution in [0.2, 0.25) is 0 Å². The number of aliphatic carboxylic acids is 1. The first-order valence-corrected chi connectivity index (χ1v) is 27.5.